The van der Waals surface area contributed by atoms with E-state index in [-0.39, 0.29) is 5.69 Å². The third-order valence-electron chi connectivity index (χ3n) is 2.01. The van der Waals surface area contributed by atoms with Gasteiger partial charge in [0.25, 0.3) is 0 Å². The molecule has 0 amide bonds. The Hall–Kier alpha value is -3.44. The lowest BCUT2D eigenvalue weighted by molar-refractivity contribution is -0.386. The Bertz CT molecular complexity index is 675. The van der Waals surface area contributed by atoms with Crippen molar-refractivity contribution in [3.8, 4) is 18.2 Å². The highest BCUT2D eigenvalue weighted by Crippen LogP contribution is 2.28. The number of benzene rings is 1. The summed E-state index contributed by atoms with van der Waals surface area (Å²) in [6, 6.07) is 7.66. The number of nitrogens with zero attached hydrogens (tertiary/aromatic N) is 4. The summed E-state index contributed by atoms with van der Waals surface area (Å²) < 4.78 is 13.3. The number of nitriles is 3. The lowest BCUT2D eigenvalue weighted by atomic mass is 10.2. The van der Waals surface area contributed by atoms with Gasteiger partial charge in [0.15, 0.2) is 5.57 Å². The van der Waals surface area contributed by atoms with Crippen LogP contribution in [0.4, 0.5) is 15.8 Å². The Kier molecular flexibility index (Phi) is 4.13. The van der Waals surface area contributed by atoms with Gasteiger partial charge in [-0.25, -0.2) is 0 Å². The Morgan fingerprint density at radius 3 is 2.37 bits per heavy atom. The van der Waals surface area contributed by atoms with Gasteiger partial charge in [-0.15, -0.1) is 0 Å². The third-order valence-corrected chi connectivity index (χ3v) is 2.01. The smallest absolute Gasteiger partial charge is 0.327 e. The molecule has 0 unspecified atom stereocenters. The summed E-state index contributed by atoms with van der Waals surface area (Å²) in [6.45, 7) is 0. The van der Waals surface area contributed by atoms with Crippen LogP contribution in [0, 0.1) is 49.9 Å². The van der Waals surface area contributed by atoms with Crippen LogP contribution in [0.15, 0.2) is 29.5 Å². The summed E-state index contributed by atoms with van der Waals surface area (Å²) in [6.07, 6.45) is 0. The van der Waals surface area contributed by atoms with Gasteiger partial charge < -0.3 is 5.32 Å². The van der Waals surface area contributed by atoms with Crippen molar-refractivity contribution in [1.82, 2.24) is 0 Å². The minimum Gasteiger partial charge on any atom is -0.339 e. The molecular formula is C11H4FN5O2. The van der Waals surface area contributed by atoms with Crippen molar-refractivity contribution in [2.75, 3.05) is 5.32 Å². The van der Waals surface area contributed by atoms with Crippen LogP contribution in [0.3, 0.4) is 0 Å². The third kappa shape index (κ3) is 2.82. The van der Waals surface area contributed by atoms with E-state index in [4.69, 9.17) is 15.8 Å². The fraction of sp³-hybridized carbons (Fsp3) is 0. The lowest BCUT2D eigenvalue weighted by Gasteiger charge is -2.05. The van der Waals surface area contributed by atoms with Gasteiger partial charge in [0, 0.05) is 0 Å². The number of allylic oxidation sites excluding steroid dienone is 2. The second-order valence-corrected chi connectivity index (χ2v) is 3.10. The van der Waals surface area contributed by atoms with Crippen molar-refractivity contribution in [3.05, 3.63) is 45.4 Å². The predicted molar refractivity (Wildman–Crippen MR) is 60.5 cm³/mol. The summed E-state index contributed by atoms with van der Waals surface area (Å²) in [4.78, 5) is 9.75. The molecule has 0 aliphatic rings. The second kappa shape index (κ2) is 5.76. The first-order chi connectivity index (χ1) is 9.04. The topological polar surface area (TPSA) is 127 Å². The molecule has 0 spiro atoms. The van der Waals surface area contributed by atoms with E-state index in [1.54, 1.807) is 0 Å². The predicted octanol–water partition coefficient (Wildman–Crippen LogP) is 1.97. The molecule has 0 radical (unpaired) electrons. The number of anilines is 1. The van der Waals surface area contributed by atoms with Crippen LogP contribution in [0.5, 0.6) is 0 Å². The molecule has 8 heteroatoms. The Balaban J connectivity index is 3.37. The van der Waals surface area contributed by atoms with E-state index < -0.39 is 27.7 Å². The molecule has 19 heavy (non-hydrogen) atoms. The highest BCUT2D eigenvalue weighted by Gasteiger charge is 2.21. The standard InChI is InChI=1S/C11H4FN5O2/c12-8-2-1-3-9(11(8)17(18)19)16-10(6-15)7(4-13)5-14/h1-3,16H. The number of halogens is 1. The van der Waals surface area contributed by atoms with E-state index in [2.05, 4.69) is 5.32 Å². The number of nitro groups is 1. The van der Waals surface area contributed by atoms with Crippen molar-refractivity contribution in [1.29, 1.82) is 15.8 Å². The van der Waals surface area contributed by atoms with Gasteiger partial charge in [0.1, 0.15) is 29.6 Å². The number of nitro benzene ring substituents is 1. The average molecular weight is 257 g/mol. The first-order valence-corrected chi connectivity index (χ1v) is 4.69. The molecule has 0 saturated carbocycles. The van der Waals surface area contributed by atoms with Crippen molar-refractivity contribution in [2.24, 2.45) is 0 Å². The Labute approximate surface area is 106 Å². The molecule has 1 N–H and O–H groups in total. The summed E-state index contributed by atoms with van der Waals surface area (Å²) >= 11 is 0. The molecule has 0 heterocycles. The molecule has 0 aliphatic heterocycles. The van der Waals surface area contributed by atoms with Crippen LogP contribution in [-0.2, 0) is 0 Å². The summed E-state index contributed by atoms with van der Waals surface area (Å²) in [5.41, 5.74) is -2.23. The maximum absolute atomic E-state index is 13.3. The van der Waals surface area contributed by atoms with Crippen LogP contribution in [0.1, 0.15) is 0 Å². The van der Waals surface area contributed by atoms with Crippen LogP contribution in [-0.4, -0.2) is 4.92 Å². The van der Waals surface area contributed by atoms with Gasteiger partial charge in [-0.05, 0) is 12.1 Å². The number of hydrogen-bond acceptors (Lipinski definition) is 6. The first-order valence-electron chi connectivity index (χ1n) is 4.69. The molecule has 1 rings (SSSR count). The van der Waals surface area contributed by atoms with Gasteiger partial charge in [0.05, 0.1) is 4.92 Å². The molecule has 0 atom stereocenters. The van der Waals surface area contributed by atoms with E-state index in [1.165, 1.54) is 24.3 Å². The number of hydrogen-bond donors (Lipinski definition) is 1. The van der Waals surface area contributed by atoms with E-state index in [9.17, 15) is 14.5 Å². The van der Waals surface area contributed by atoms with Gasteiger partial charge in [0.2, 0.25) is 5.82 Å². The average Bonchev–Trinajstić information content (AvgIpc) is 2.38. The zero-order valence-electron chi connectivity index (χ0n) is 9.22. The molecule has 1 aromatic rings. The van der Waals surface area contributed by atoms with Gasteiger partial charge in [-0.1, -0.05) is 6.07 Å². The van der Waals surface area contributed by atoms with E-state index in [1.807, 2.05) is 0 Å². The second-order valence-electron chi connectivity index (χ2n) is 3.10. The highest BCUT2D eigenvalue weighted by atomic mass is 19.1. The number of para-hydroxylation sites is 1. The van der Waals surface area contributed by atoms with Crippen LogP contribution in [0.25, 0.3) is 0 Å². The van der Waals surface area contributed by atoms with Gasteiger partial charge in [-0.2, -0.15) is 20.2 Å². The normalized spacial score (nSPS) is 8.53. The van der Waals surface area contributed by atoms with Gasteiger partial charge in [-0.3, -0.25) is 10.1 Å². The molecule has 1 aromatic carbocycles. The van der Waals surface area contributed by atoms with E-state index >= 15 is 0 Å². The lowest BCUT2D eigenvalue weighted by Crippen LogP contribution is -2.04. The zero-order valence-corrected chi connectivity index (χ0v) is 9.22. The highest BCUT2D eigenvalue weighted by molar-refractivity contribution is 5.67. The van der Waals surface area contributed by atoms with Crippen LogP contribution in [0.2, 0.25) is 0 Å². The quantitative estimate of drug-likeness (QED) is 0.501. The minimum atomic E-state index is -1.09. The van der Waals surface area contributed by atoms with Crippen LogP contribution >= 0.6 is 0 Å². The van der Waals surface area contributed by atoms with E-state index in [0.717, 1.165) is 12.1 Å². The molecule has 0 aromatic heterocycles. The summed E-state index contributed by atoms with van der Waals surface area (Å²) in [7, 11) is 0. The van der Waals surface area contributed by atoms with E-state index in [0.29, 0.717) is 0 Å². The maximum Gasteiger partial charge on any atom is 0.327 e. The van der Waals surface area contributed by atoms with Crippen molar-refractivity contribution in [3.63, 3.8) is 0 Å². The first kappa shape index (κ1) is 13.6. The van der Waals surface area contributed by atoms with Crippen molar-refractivity contribution >= 4 is 11.4 Å². The molecular weight excluding hydrogens is 253 g/mol. The summed E-state index contributed by atoms with van der Waals surface area (Å²) in [5, 5.41) is 38.9. The SMILES string of the molecule is N#CC(C#N)=C(C#N)Nc1cccc(F)c1[N+](=O)[O-]. The fourth-order valence-electron chi connectivity index (χ4n) is 1.22. The monoisotopic (exact) mass is 257 g/mol. The van der Waals surface area contributed by atoms with Crippen LogP contribution < -0.4 is 5.32 Å². The Morgan fingerprint density at radius 2 is 1.89 bits per heavy atom. The fourth-order valence-corrected chi connectivity index (χ4v) is 1.22. The zero-order chi connectivity index (χ0) is 14.4. The van der Waals surface area contributed by atoms with Crippen molar-refractivity contribution < 1.29 is 9.31 Å². The maximum atomic E-state index is 13.3. The Morgan fingerprint density at radius 1 is 1.26 bits per heavy atom. The molecule has 0 fully saturated rings. The number of rotatable bonds is 3. The molecule has 92 valence electrons. The summed E-state index contributed by atoms with van der Waals surface area (Å²) in [5.74, 6) is -1.09. The molecule has 0 bridgehead atoms. The van der Waals surface area contributed by atoms with Crippen molar-refractivity contribution in [2.45, 2.75) is 0 Å². The number of nitrogens with one attached hydrogen (secondary N) is 1. The minimum absolute atomic E-state index is 0.315. The molecule has 0 saturated heterocycles. The van der Waals surface area contributed by atoms with Gasteiger partial charge >= 0.3 is 5.69 Å². The molecule has 0 aliphatic carbocycles. The largest absolute Gasteiger partial charge is 0.339 e. The molecule has 7 nitrogen and oxygen atoms in total.